The lowest BCUT2D eigenvalue weighted by molar-refractivity contribution is -0.384. The van der Waals surface area contributed by atoms with Gasteiger partial charge in [-0.05, 0) is 35.9 Å². The molecule has 2 heterocycles. The molecule has 0 radical (unpaired) electrons. The molecular formula is C20H17ClN2O7S. The first kappa shape index (κ1) is 22.6. The van der Waals surface area contributed by atoms with Gasteiger partial charge in [0.25, 0.3) is 16.8 Å². The van der Waals surface area contributed by atoms with Gasteiger partial charge in [0.1, 0.15) is 18.1 Å². The number of furan rings is 1. The fourth-order valence-corrected chi connectivity index (χ4v) is 3.62. The van der Waals surface area contributed by atoms with Crippen LogP contribution in [0.15, 0.2) is 39.7 Å². The lowest BCUT2D eigenvalue weighted by Gasteiger charge is -2.12. The standard InChI is InChI=1S/C20H17ClN2O7S/c1-11(2)10-29-18(24)9-22-19(25)17(31-20(22)26)8-13-4-6-16(30-13)14-7-12(23(27)28)3-5-15(14)21/h3-8,11H,9-10H2,1-2H3/b17-8+. The highest BCUT2D eigenvalue weighted by Crippen LogP contribution is 2.35. The van der Waals surface area contributed by atoms with Gasteiger partial charge in [-0.2, -0.15) is 0 Å². The van der Waals surface area contributed by atoms with Crippen molar-refractivity contribution in [2.45, 2.75) is 13.8 Å². The van der Waals surface area contributed by atoms with Gasteiger partial charge >= 0.3 is 5.97 Å². The number of carbonyl (C=O) groups excluding carboxylic acids is 3. The molecule has 1 aliphatic heterocycles. The Kier molecular flexibility index (Phi) is 6.81. The molecule has 0 aliphatic carbocycles. The number of hydrogen-bond acceptors (Lipinski definition) is 8. The largest absolute Gasteiger partial charge is 0.464 e. The van der Waals surface area contributed by atoms with Crippen LogP contribution in [0.25, 0.3) is 17.4 Å². The molecule has 11 heteroatoms. The number of hydrogen-bond donors (Lipinski definition) is 0. The number of imide groups is 1. The van der Waals surface area contributed by atoms with E-state index in [0.29, 0.717) is 17.3 Å². The molecule has 0 saturated carbocycles. The Morgan fingerprint density at radius 1 is 1.32 bits per heavy atom. The van der Waals surface area contributed by atoms with Gasteiger partial charge in [0.2, 0.25) is 0 Å². The van der Waals surface area contributed by atoms with E-state index in [9.17, 15) is 24.5 Å². The van der Waals surface area contributed by atoms with E-state index in [4.69, 9.17) is 20.8 Å². The number of nitrogens with zero attached hydrogens (tertiary/aromatic N) is 2. The van der Waals surface area contributed by atoms with Crippen molar-refractivity contribution < 1.29 is 28.5 Å². The Labute approximate surface area is 186 Å². The molecule has 162 valence electrons. The predicted molar refractivity (Wildman–Crippen MR) is 114 cm³/mol. The monoisotopic (exact) mass is 464 g/mol. The van der Waals surface area contributed by atoms with Crippen LogP contribution in [0, 0.1) is 16.0 Å². The van der Waals surface area contributed by atoms with Gasteiger partial charge in [0, 0.05) is 23.8 Å². The van der Waals surface area contributed by atoms with Gasteiger partial charge in [-0.3, -0.25) is 29.4 Å². The van der Waals surface area contributed by atoms with Crippen LogP contribution in [-0.4, -0.2) is 40.1 Å². The van der Waals surface area contributed by atoms with E-state index in [-0.39, 0.29) is 39.7 Å². The summed E-state index contributed by atoms with van der Waals surface area (Å²) in [6.07, 6.45) is 1.36. The van der Waals surface area contributed by atoms with E-state index in [1.807, 2.05) is 13.8 Å². The Bertz CT molecular complexity index is 1090. The molecule has 31 heavy (non-hydrogen) atoms. The fourth-order valence-electron chi connectivity index (χ4n) is 2.59. The normalized spacial score (nSPS) is 15.2. The van der Waals surface area contributed by atoms with Gasteiger partial charge in [0.15, 0.2) is 0 Å². The fraction of sp³-hybridized carbons (Fsp3) is 0.250. The quantitative estimate of drug-likeness (QED) is 0.249. The van der Waals surface area contributed by atoms with Crippen LogP contribution in [-0.2, 0) is 14.3 Å². The van der Waals surface area contributed by atoms with Crippen molar-refractivity contribution in [3.8, 4) is 11.3 Å². The molecule has 0 spiro atoms. The molecular weight excluding hydrogens is 448 g/mol. The Hall–Kier alpha value is -3.11. The number of esters is 1. The zero-order valence-corrected chi connectivity index (χ0v) is 18.1. The molecule has 9 nitrogen and oxygen atoms in total. The van der Waals surface area contributed by atoms with Crippen LogP contribution < -0.4 is 0 Å². The summed E-state index contributed by atoms with van der Waals surface area (Å²) in [7, 11) is 0. The summed E-state index contributed by atoms with van der Waals surface area (Å²) in [5.74, 6) is -0.672. The average molecular weight is 465 g/mol. The zero-order chi connectivity index (χ0) is 22.7. The molecule has 1 aromatic heterocycles. The average Bonchev–Trinajstić information content (AvgIpc) is 3.27. The van der Waals surface area contributed by atoms with Gasteiger partial charge in [-0.15, -0.1) is 0 Å². The first-order valence-corrected chi connectivity index (χ1v) is 10.3. The molecule has 1 aromatic carbocycles. The lowest BCUT2D eigenvalue weighted by atomic mass is 10.1. The lowest BCUT2D eigenvalue weighted by Crippen LogP contribution is -2.34. The summed E-state index contributed by atoms with van der Waals surface area (Å²) in [5, 5.41) is 10.7. The third-order valence-corrected chi connectivity index (χ3v) is 5.30. The van der Waals surface area contributed by atoms with E-state index < -0.39 is 28.6 Å². The van der Waals surface area contributed by atoms with Crippen molar-refractivity contribution in [3.63, 3.8) is 0 Å². The Balaban J connectivity index is 1.77. The topological polar surface area (TPSA) is 120 Å². The number of nitro benzene ring substituents is 1. The van der Waals surface area contributed by atoms with Crippen LogP contribution in [0.3, 0.4) is 0 Å². The summed E-state index contributed by atoms with van der Waals surface area (Å²) in [4.78, 5) is 47.8. The smallest absolute Gasteiger partial charge is 0.326 e. The van der Waals surface area contributed by atoms with Crippen molar-refractivity contribution in [3.05, 3.63) is 56.1 Å². The highest BCUT2D eigenvalue weighted by molar-refractivity contribution is 8.18. The maximum Gasteiger partial charge on any atom is 0.326 e. The molecule has 2 amide bonds. The predicted octanol–water partition coefficient (Wildman–Crippen LogP) is 4.74. The summed E-state index contributed by atoms with van der Waals surface area (Å²) in [6, 6.07) is 7.03. The SMILES string of the molecule is CC(C)COC(=O)CN1C(=O)S/C(=C/c2ccc(-c3cc([N+](=O)[O-])ccc3Cl)o2)C1=O. The first-order chi connectivity index (χ1) is 14.7. The third-order valence-electron chi connectivity index (χ3n) is 4.06. The van der Waals surface area contributed by atoms with Crippen LogP contribution in [0.5, 0.6) is 0 Å². The van der Waals surface area contributed by atoms with E-state index >= 15 is 0 Å². The van der Waals surface area contributed by atoms with Crippen molar-refractivity contribution in [2.24, 2.45) is 5.92 Å². The first-order valence-electron chi connectivity index (χ1n) is 9.11. The minimum atomic E-state index is -0.669. The number of carbonyl (C=O) groups is 3. The summed E-state index contributed by atoms with van der Waals surface area (Å²) >= 11 is 6.79. The number of benzene rings is 1. The zero-order valence-electron chi connectivity index (χ0n) is 16.5. The van der Waals surface area contributed by atoms with E-state index in [1.54, 1.807) is 6.07 Å². The number of nitro groups is 1. The van der Waals surface area contributed by atoms with Crippen LogP contribution in [0.4, 0.5) is 10.5 Å². The summed E-state index contributed by atoms with van der Waals surface area (Å²) in [6.45, 7) is 3.46. The summed E-state index contributed by atoms with van der Waals surface area (Å²) in [5.41, 5.74) is 0.166. The molecule has 0 unspecified atom stereocenters. The molecule has 0 atom stereocenters. The van der Waals surface area contributed by atoms with E-state index in [0.717, 1.165) is 4.90 Å². The van der Waals surface area contributed by atoms with Crippen molar-refractivity contribution >= 4 is 52.2 Å². The van der Waals surface area contributed by atoms with Crippen LogP contribution in [0.2, 0.25) is 5.02 Å². The molecule has 2 aromatic rings. The molecule has 1 aliphatic rings. The van der Waals surface area contributed by atoms with Gasteiger partial charge in [-0.25, -0.2) is 0 Å². The van der Waals surface area contributed by atoms with E-state index in [1.165, 1.54) is 30.3 Å². The number of rotatable bonds is 7. The second-order valence-corrected chi connectivity index (χ2v) is 8.37. The highest BCUT2D eigenvalue weighted by atomic mass is 35.5. The van der Waals surface area contributed by atoms with Crippen molar-refractivity contribution in [2.75, 3.05) is 13.2 Å². The second kappa shape index (κ2) is 9.36. The molecule has 1 saturated heterocycles. The Morgan fingerprint density at radius 3 is 2.74 bits per heavy atom. The molecule has 1 fully saturated rings. The van der Waals surface area contributed by atoms with Crippen LogP contribution >= 0.6 is 23.4 Å². The number of thioether (sulfide) groups is 1. The number of ether oxygens (including phenoxy) is 1. The molecule has 0 bridgehead atoms. The van der Waals surface area contributed by atoms with Gasteiger partial charge in [-0.1, -0.05) is 25.4 Å². The minimum Gasteiger partial charge on any atom is -0.464 e. The van der Waals surface area contributed by atoms with Gasteiger partial charge < -0.3 is 9.15 Å². The number of amides is 2. The maximum atomic E-state index is 12.5. The highest BCUT2D eigenvalue weighted by Gasteiger charge is 2.37. The second-order valence-electron chi connectivity index (χ2n) is 6.97. The third kappa shape index (κ3) is 5.33. The maximum absolute atomic E-state index is 12.5. The van der Waals surface area contributed by atoms with Crippen LogP contribution in [0.1, 0.15) is 19.6 Å². The van der Waals surface area contributed by atoms with E-state index in [2.05, 4.69) is 0 Å². The summed E-state index contributed by atoms with van der Waals surface area (Å²) < 4.78 is 10.7. The number of halogens is 1. The van der Waals surface area contributed by atoms with Crippen molar-refractivity contribution in [1.82, 2.24) is 4.90 Å². The van der Waals surface area contributed by atoms with Crippen molar-refractivity contribution in [1.29, 1.82) is 0 Å². The minimum absolute atomic E-state index is 0.0766. The van der Waals surface area contributed by atoms with Gasteiger partial charge in [0.05, 0.1) is 21.5 Å². The molecule has 3 rings (SSSR count). The Morgan fingerprint density at radius 2 is 2.06 bits per heavy atom. The molecule has 0 N–H and O–H groups in total. The number of non-ortho nitro benzene ring substituents is 1.